The summed E-state index contributed by atoms with van der Waals surface area (Å²) in [5.41, 5.74) is 0. The van der Waals surface area contributed by atoms with Gasteiger partial charge in [-0.1, -0.05) is 24.6 Å². The highest BCUT2D eigenvalue weighted by atomic mass is 32.2. The molecule has 0 bridgehead atoms. The number of rotatable bonds is 5. The fourth-order valence-electron chi connectivity index (χ4n) is 2.15. The second-order valence-corrected chi connectivity index (χ2v) is 5.80. The minimum Gasteiger partial charge on any atom is -0.353 e. The number of amides is 1. The van der Waals surface area contributed by atoms with E-state index in [1.807, 2.05) is 18.5 Å². The number of tetrazole rings is 1. The smallest absolute Gasteiger partial charge is 0.230 e. The Kier molecular flexibility index (Phi) is 4.57. The van der Waals surface area contributed by atoms with Gasteiger partial charge in [0.25, 0.3) is 0 Å². The number of carbonyl (C=O) groups excluding carboxylic acids is 1. The van der Waals surface area contributed by atoms with E-state index in [9.17, 15) is 4.79 Å². The summed E-state index contributed by atoms with van der Waals surface area (Å²) in [6.07, 6.45) is 4.75. The van der Waals surface area contributed by atoms with Crippen LogP contribution in [0.15, 0.2) is 5.16 Å². The number of aromatic nitrogens is 4. The normalized spacial score (nSPS) is 16.4. The van der Waals surface area contributed by atoms with Gasteiger partial charge in [-0.15, -0.1) is 5.10 Å². The van der Waals surface area contributed by atoms with Crippen LogP contribution in [0.3, 0.4) is 0 Å². The van der Waals surface area contributed by atoms with Crippen LogP contribution >= 0.6 is 11.8 Å². The highest BCUT2D eigenvalue weighted by molar-refractivity contribution is 7.99. The lowest BCUT2D eigenvalue weighted by Crippen LogP contribution is -2.31. The number of thioether (sulfide) groups is 1. The first kappa shape index (κ1) is 13.3. The van der Waals surface area contributed by atoms with Gasteiger partial charge in [-0.3, -0.25) is 4.79 Å². The molecule has 0 radical (unpaired) electrons. The molecule has 1 fully saturated rings. The zero-order valence-corrected chi connectivity index (χ0v) is 11.6. The first-order valence-electron chi connectivity index (χ1n) is 6.37. The van der Waals surface area contributed by atoms with Crippen LogP contribution in [0.2, 0.25) is 0 Å². The molecule has 0 spiro atoms. The summed E-state index contributed by atoms with van der Waals surface area (Å²) in [6.45, 7) is 3.90. The summed E-state index contributed by atoms with van der Waals surface area (Å²) in [4.78, 5) is 11.6. The molecule has 1 heterocycles. The van der Waals surface area contributed by atoms with Crippen LogP contribution in [0.25, 0.3) is 0 Å². The Morgan fingerprint density at radius 2 is 2.22 bits per heavy atom. The number of nitrogens with one attached hydrogen (secondary N) is 1. The molecule has 1 aromatic rings. The molecule has 0 unspecified atom stereocenters. The van der Waals surface area contributed by atoms with Crippen molar-refractivity contribution in [1.82, 2.24) is 25.5 Å². The molecular formula is C11H19N5OS. The summed E-state index contributed by atoms with van der Waals surface area (Å²) in [6, 6.07) is 0.583. The molecule has 1 aliphatic carbocycles. The van der Waals surface area contributed by atoms with Gasteiger partial charge < -0.3 is 5.32 Å². The van der Waals surface area contributed by atoms with E-state index in [1.165, 1.54) is 24.6 Å². The summed E-state index contributed by atoms with van der Waals surface area (Å²) >= 11 is 1.41. The third-order valence-electron chi connectivity index (χ3n) is 2.92. The average Bonchev–Trinajstić information content (AvgIpc) is 2.96. The number of hydrogen-bond acceptors (Lipinski definition) is 5. The third-order valence-corrected chi connectivity index (χ3v) is 3.85. The van der Waals surface area contributed by atoms with Crippen molar-refractivity contribution in [2.75, 3.05) is 5.75 Å². The van der Waals surface area contributed by atoms with Gasteiger partial charge in [0.2, 0.25) is 11.1 Å². The summed E-state index contributed by atoms with van der Waals surface area (Å²) in [5.74, 6) is 0.390. The van der Waals surface area contributed by atoms with Crippen LogP contribution in [0.1, 0.15) is 45.6 Å². The van der Waals surface area contributed by atoms with Crippen LogP contribution in [0.5, 0.6) is 0 Å². The van der Waals surface area contributed by atoms with Crippen LogP contribution in [-0.4, -0.2) is 37.9 Å². The Hall–Kier alpha value is -1.11. The second-order valence-electron chi connectivity index (χ2n) is 4.86. The lowest BCUT2D eigenvalue weighted by atomic mass is 10.3. The number of carbonyl (C=O) groups is 1. The van der Waals surface area contributed by atoms with Gasteiger partial charge in [0.15, 0.2) is 0 Å². The van der Waals surface area contributed by atoms with E-state index in [1.54, 1.807) is 0 Å². The van der Waals surface area contributed by atoms with Crippen LogP contribution < -0.4 is 5.32 Å². The topological polar surface area (TPSA) is 72.7 Å². The van der Waals surface area contributed by atoms with Crippen molar-refractivity contribution in [3.63, 3.8) is 0 Å². The standard InChI is InChI=1S/C11H19N5OS/c1-8(2)12-10(17)7-18-11-13-14-15-16(11)9-5-3-4-6-9/h8-9H,3-7H2,1-2H3,(H,12,17). The van der Waals surface area contributed by atoms with Gasteiger partial charge >= 0.3 is 0 Å². The van der Waals surface area contributed by atoms with E-state index in [0.717, 1.165) is 18.0 Å². The first-order valence-corrected chi connectivity index (χ1v) is 7.35. The highest BCUT2D eigenvalue weighted by Gasteiger charge is 2.22. The predicted octanol–water partition coefficient (Wildman–Crippen LogP) is 1.40. The van der Waals surface area contributed by atoms with E-state index in [-0.39, 0.29) is 11.9 Å². The maximum atomic E-state index is 11.6. The van der Waals surface area contributed by atoms with Crippen molar-refractivity contribution in [3.8, 4) is 0 Å². The lowest BCUT2D eigenvalue weighted by Gasteiger charge is -2.11. The Labute approximate surface area is 111 Å². The Morgan fingerprint density at radius 1 is 1.50 bits per heavy atom. The molecular weight excluding hydrogens is 250 g/mol. The molecule has 0 atom stereocenters. The van der Waals surface area contributed by atoms with E-state index < -0.39 is 0 Å². The Bertz CT molecular complexity index is 400. The van der Waals surface area contributed by atoms with Crippen molar-refractivity contribution in [2.24, 2.45) is 0 Å². The molecule has 1 amide bonds. The van der Waals surface area contributed by atoms with Gasteiger partial charge in [-0.25, -0.2) is 4.68 Å². The van der Waals surface area contributed by atoms with E-state index in [0.29, 0.717) is 11.8 Å². The molecule has 0 saturated heterocycles. The molecule has 1 saturated carbocycles. The van der Waals surface area contributed by atoms with Gasteiger partial charge in [-0.05, 0) is 37.1 Å². The maximum Gasteiger partial charge on any atom is 0.230 e. The quantitative estimate of drug-likeness (QED) is 0.818. The van der Waals surface area contributed by atoms with Crippen LogP contribution in [0, 0.1) is 0 Å². The third kappa shape index (κ3) is 3.44. The van der Waals surface area contributed by atoms with Crippen molar-refractivity contribution in [3.05, 3.63) is 0 Å². The molecule has 1 aliphatic rings. The zero-order chi connectivity index (χ0) is 13.0. The molecule has 1 N–H and O–H groups in total. The van der Waals surface area contributed by atoms with Gasteiger partial charge in [-0.2, -0.15) is 0 Å². The minimum absolute atomic E-state index is 0.0240. The van der Waals surface area contributed by atoms with E-state index in [2.05, 4.69) is 20.8 Å². The minimum atomic E-state index is 0.0240. The summed E-state index contributed by atoms with van der Waals surface area (Å²) in [5, 5.41) is 15.4. The van der Waals surface area contributed by atoms with E-state index in [4.69, 9.17) is 0 Å². The monoisotopic (exact) mass is 269 g/mol. The molecule has 1 aromatic heterocycles. The SMILES string of the molecule is CC(C)NC(=O)CSc1nnnn1C1CCCC1. The van der Waals surface area contributed by atoms with Crippen LogP contribution in [0.4, 0.5) is 0 Å². The largest absolute Gasteiger partial charge is 0.353 e. The molecule has 100 valence electrons. The van der Waals surface area contributed by atoms with Crippen LogP contribution in [-0.2, 0) is 4.79 Å². The van der Waals surface area contributed by atoms with E-state index >= 15 is 0 Å². The lowest BCUT2D eigenvalue weighted by molar-refractivity contribution is -0.119. The van der Waals surface area contributed by atoms with Crippen molar-refractivity contribution < 1.29 is 4.79 Å². The second kappa shape index (κ2) is 6.17. The Balaban J connectivity index is 1.89. The fourth-order valence-corrected chi connectivity index (χ4v) is 2.91. The maximum absolute atomic E-state index is 11.6. The number of nitrogens with zero attached hydrogens (tertiary/aromatic N) is 4. The molecule has 2 rings (SSSR count). The zero-order valence-electron chi connectivity index (χ0n) is 10.8. The first-order chi connectivity index (χ1) is 8.66. The summed E-state index contributed by atoms with van der Waals surface area (Å²) < 4.78 is 1.88. The van der Waals surface area contributed by atoms with Crippen molar-refractivity contribution in [1.29, 1.82) is 0 Å². The van der Waals surface area contributed by atoms with Gasteiger partial charge in [0, 0.05) is 6.04 Å². The van der Waals surface area contributed by atoms with Gasteiger partial charge in [0.1, 0.15) is 0 Å². The molecule has 18 heavy (non-hydrogen) atoms. The van der Waals surface area contributed by atoms with Crippen molar-refractivity contribution in [2.45, 2.75) is 56.8 Å². The number of hydrogen-bond donors (Lipinski definition) is 1. The average molecular weight is 269 g/mol. The van der Waals surface area contributed by atoms with Gasteiger partial charge in [0.05, 0.1) is 11.8 Å². The molecule has 6 nitrogen and oxygen atoms in total. The predicted molar refractivity (Wildman–Crippen MR) is 69.3 cm³/mol. The highest BCUT2D eigenvalue weighted by Crippen LogP contribution is 2.31. The molecule has 0 aliphatic heterocycles. The molecule has 7 heteroatoms. The Morgan fingerprint density at radius 3 is 2.89 bits per heavy atom. The summed E-state index contributed by atoms with van der Waals surface area (Å²) in [7, 11) is 0. The van der Waals surface area contributed by atoms with Crippen molar-refractivity contribution >= 4 is 17.7 Å². The molecule has 0 aromatic carbocycles. The fraction of sp³-hybridized carbons (Fsp3) is 0.818.